The number of aromatic amines is 1. The number of ether oxygens (including phenoxy) is 2. The highest BCUT2D eigenvalue weighted by Gasteiger charge is 2.24. The lowest BCUT2D eigenvalue weighted by atomic mass is 10.1. The van der Waals surface area contributed by atoms with E-state index in [4.69, 9.17) is 15.6 Å². The van der Waals surface area contributed by atoms with Crippen LogP contribution in [0.25, 0.3) is 0 Å². The first-order chi connectivity index (χ1) is 18.5. The Kier molecular flexibility index (Phi) is 11.4. The maximum atomic E-state index is 13.1. The first-order valence-electron chi connectivity index (χ1n) is 12.3. The van der Waals surface area contributed by atoms with Crippen LogP contribution in [0.3, 0.4) is 0 Å². The van der Waals surface area contributed by atoms with Gasteiger partial charge in [-0.25, -0.2) is 24.5 Å². The Morgan fingerprint density at radius 1 is 1.21 bits per heavy atom. The number of aryl methyl sites for hydroxylation is 1. The van der Waals surface area contributed by atoms with Crippen molar-refractivity contribution in [1.82, 2.24) is 15.2 Å². The van der Waals surface area contributed by atoms with E-state index in [1.165, 1.54) is 19.1 Å². The molecule has 0 saturated carbocycles. The number of amides is 3. The van der Waals surface area contributed by atoms with Gasteiger partial charge in [0.15, 0.2) is 5.84 Å². The number of rotatable bonds is 10. The van der Waals surface area contributed by atoms with Crippen LogP contribution < -0.4 is 11.1 Å². The molecule has 0 bridgehead atoms. The Morgan fingerprint density at radius 2 is 1.92 bits per heavy atom. The predicted molar refractivity (Wildman–Crippen MR) is 144 cm³/mol. The minimum atomic E-state index is -1.38. The van der Waals surface area contributed by atoms with E-state index < -0.39 is 30.9 Å². The number of aromatic nitrogens is 1. The summed E-state index contributed by atoms with van der Waals surface area (Å²) in [6.07, 6.45) is 1.01. The van der Waals surface area contributed by atoms with E-state index in [0.717, 1.165) is 17.7 Å². The van der Waals surface area contributed by atoms with E-state index in [1.54, 1.807) is 33.0 Å². The van der Waals surface area contributed by atoms with Gasteiger partial charge >= 0.3 is 12.1 Å². The molecule has 13 nitrogen and oxygen atoms in total. The van der Waals surface area contributed by atoms with Crippen molar-refractivity contribution in [2.75, 3.05) is 19.9 Å². The van der Waals surface area contributed by atoms with E-state index in [1.807, 2.05) is 6.92 Å². The molecule has 0 fully saturated rings. The van der Waals surface area contributed by atoms with Crippen molar-refractivity contribution in [1.29, 1.82) is 0 Å². The number of nitrogens with zero attached hydrogens (tertiary/aromatic N) is 3. The molecule has 1 aromatic carbocycles. The van der Waals surface area contributed by atoms with E-state index in [2.05, 4.69) is 25.0 Å². The number of imide groups is 1. The van der Waals surface area contributed by atoms with Gasteiger partial charge in [0.1, 0.15) is 6.10 Å². The number of aliphatic hydroxyl groups excluding tert-OH is 1. The zero-order chi connectivity index (χ0) is 29.1. The van der Waals surface area contributed by atoms with Crippen LogP contribution >= 0.6 is 0 Å². The fourth-order valence-corrected chi connectivity index (χ4v) is 3.34. The van der Waals surface area contributed by atoms with Crippen molar-refractivity contribution in [3.05, 3.63) is 52.3 Å². The maximum Gasteiger partial charge on any atom is 0.419 e. The first-order valence-corrected chi connectivity index (χ1v) is 12.3. The van der Waals surface area contributed by atoms with E-state index in [0.29, 0.717) is 34.6 Å². The number of nitrogens with one attached hydrogen (secondary N) is 2. The summed E-state index contributed by atoms with van der Waals surface area (Å²) in [7, 11) is 0. The quantitative estimate of drug-likeness (QED) is 0.152. The van der Waals surface area contributed by atoms with Crippen LogP contribution in [0.4, 0.5) is 10.5 Å². The second-order valence-electron chi connectivity index (χ2n) is 8.39. The summed E-state index contributed by atoms with van der Waals surface area (Å²) in [6, 6.07) is 4.67. The molecule has 39 heavy (non-hydrogen) atoms. The number of carbonyl (C=O) groups excluding carboxylic acids is 4. The average molecular weight is 543 g/mol. The first kappa shape index (κ1) is 30.7. The lowest BCUT2D eigenvalue weighted by molar-refractivity contribution is -0.161. The Morgan fingerprint density at radius 3 is 2.54 bits per heavy atom. The highest BCUT2D eigenvalue weighted by Crippen LogP contribution is 2.24. The van der Waals surface area contributed by atoms with Crippen LogP contribution in [0.1, 0.15) is 64.7 Å². The Hall–Kier alpha value is -4.52. The molecule has 0 saturated heterocycles. The van der Waals surface area contributed by atoms with Crippen LogP contribution in [-0.4, -0.2) is 77.0 Å². The number of amidine groups is 1. The summed E-state index contributed by atoms with van der Waals surface area (Å²) in [6.45, 7) is 8.02. The van der Waals surface area contributed by atoms with Crippen molar-refractivity contribution >= 4 is 41.7 Å². The fourth-order valence-electron chi connectivity index (χ4n) is 3.34. The number of hydrogen-bond acceptors (Lipinski definition) is 8. The Bertz CT molecular complexity index is 1270. The third-order valence-electron chi connectivity index (χ3n) is 5.53. The number of carbonyl (C=O) groups is 4. The molecule has 0 radical (unpaired) electrons. The number of hydrogen-bond donors (Lipinski definition) is 4. The van der Waals surface area contributed by atoms with Gasteiger partial charge < -0.3 is 30.6 Å². The monoisotopic (exact) mass is 542 g/mol. The minimum absolute atomic E-state index is 0.0260. The molecule has 13 heteroatoms. The summed E-state index contributed by atoms with van der Waals surface area (Å²) in [5.41, 5.74) is 8.31. The van der Waals surface area contributed by atoms with Gasteiger partial charge in [-0.1, -0.05) is 13.0 Å². The molecule has 1 unspecified atom stereocenters. The molecule has 1 atom stereocenters. The molecule has 0 aliphatic heterocycles. The van der Waals surface area contributed by atoms with Gasteiger partial charge in [-0.3, -0.25) is 9.59 Å². The minimum Gasteiger partial charge on any atom is -0.426 e. The van der Waals surface area contributed by atoms with Gasteiger partial charge in [0.25, 0.3) is 11.8 Å². The standard InChI is InChI=1S/C26H34N6O7/c1-6-10-28-23(34)19-12-29-21(16(19)4)22(30-13-27)31-20-11-18(9-8-15(20)3)24(35)32(7-2)26(37)39-14-38-25(36)17(5)33/h8-9,11-13,17,29,33H,6-7,10,14H2,1-5H3,(H,28,34)(H2,27,30,31). The highest BCUT2D eigenvalue weighted by atomic mass is 16.7. The molecule has 2 aromatic rings. The molecule has 1 aromatic heterocycles. The molecule has 1 heterocycles. The summed E-state index contributed by atoms with van der Waals surface area (Å²) in [5, 5.41) is 12.0. The Balaban J connectivity index is 2.34. The van der Waals surface area contributed by atoms with Crippen molar-refractivity contribution in [2.24, 2.45) is 15.7 Å². The number of benzene rings is 1. The van der Waals surface area contributed by atoms with Crippen LogP contribution in [-0.2, 0) is 14.3 Å². The molecule has 0 spiro atoms. The van der Waals surface area contributed by atoms with Gasteiger partial charge in [0, 0.05) is 24.8 Å². The smallest absolute Gasteiger partial charge is 0.419 e. The zero-order valence-electron chi connectivity index (χ0n) is 22.6. The molecule has 3 amide bonds. The van der Waals surface area contributed by atoms with Gasteiger partial charge in [-0.2, -0.15) is 0 Å². The van der Waals surface area contributed by atoms with E-state index in [9.17, 15) is 19.2 Å². The van der Waals surface area contributed by atoms with Crippen molar-refractivity contribution in [2.45, 2.75) is 47.1 Å². The lowest BCUT2D eigenvalue weighted by Crippen LogP contribution is -2.38. The second-order valence-corrected chi connectivity index (χ2v) is 8.39. The number of aliphatic imine (C=N–C) groups is 2. The third kappa shape index (κ3) is 7.98. The molecular weight excluding hydrogens is 508 g/mol. The van der Waals surface area contributed by atoms with Gasteiger partial charge in [-0.15, -0.1) is 0 Å². The molecule has 2 rings (SSSR count). The molecule has 5 N–H and O–H groups in total. The molecular formula is C26H34N6O7. The molecule has 0 aliphatic rings. The van der Waals surface area contributed by atoms with E-state index in [-0.39, 0.29) is 23.9 Å². The predicted octanol–water partition coefficient (Wildman–Crippen LogP) is 2.32. The van der Waals surface area contributed by atoms with Crippen molar-refractivity contribution in [3.8, 4) is 0 Å². The van der Waals surface area contributed by atoms with Crippen LogP contribution in [0.15, 0.2) is 34.4 Å². The number of nitrogens with two attached hydrogens (primary N) is 1. The Labute approximate surface area is 226 Å². The number of H-pyrrole nitrogens is 1. The maximum absolute atomic E-state index is 13.1. The fraction of sp³-hybridized carbons (Fsp3) is 0.385. The topological polar surface area (TPSA) is 189 Å². The average Bonchev–Trinajstić information content (AvgIpc) is 3.29. The van der Waals surface area contributed by atoms with Crippen LogP contribution in [0, 0.1) is 13.8 Å². The molecule has 0 aliphatic carbocycles. The number of aliphatic hydroxyl groups is 1. The third-order valence-corrected chi connectivity index (χ3v) is 5.53. The lowest BCUT2D eigenvalue weighted by Gasteiger charge is -2.19. The molecule has 210 valence electrons. The van der Waals surface area contributed by atoms with Crippen molar-refractivity contribution in [3.63, 3.8) is 0 Å². The summed E-state index contributed by atoms with van der Waals surface area (Å²) >= 11 is 0. The summed E-state index contributed by atoms with van der Waals surface area (Å²) < 4.78 is 9.44. The summed E-state index contributed by atoms with van der Waals surface area (Å²) in [5.74, 6) is -1.69. The summed E-state index contributed by atoms with van der Waals surface area (Å²) in [4.78, 5) is 61.9. The van der Waals surface area contributed by atoms with Crippen molar-refractivity contribution < 1.29 is 33.8 Å². The number of esters is 1. The van der Waals surface area contributed by atoms with Crippen LogP contribution in [0.5, 0.6) is 0 Å². The second kappa shape index (κ2) is 14.4. The van der Waals surface area contributed by atoms with Gasteiger partial charge in [0.2, 0.25) is 6.79 Å². The van der Waals surface area contributed by atoms with Crippen LogP contribution in [0.2, 0.25) is 0 Å². The van der Waals surface area contributed by atoms with Gasteiger partial charge in [-0.05, 0) is 57.4 Å². The van der Waals surface area contributed by atoms with E-state index >= 15 is 0 Å². The normalized spacial score (nSPS) is 12.2. The zero-order valence-corrected chi connectivity index (χ0v) is 22.6. The largest absolute Gasteiger partial charge is 0.426 e. The highest BCUT2D eigenvalue weighted by molar-refractivity contribution is 6.07. The van der Waals surface area contributed by atoms with Gasteiger partial charge in [0.05, 0.1) is 23.3 Å². The SMILES string of the molecule is CCCNC(=O)c1c[nH]c(C(N=CN)=Nc2cc(C(=O)N(CC)C(=O)OCOC(=O)C(C)O)ccc2C)c1C.